The topological polar surface area (TPSA) is 66.6 Å². The Morgan fingerprint density at radius 3 is 2.65 bits per heavy atom. The zero-order valence-electron chi connectivity index (χ0n) is 14.6. The molecule has 0 bridgehead atoms. The second-order valence-electron chi connectivity index (χ2n) is 7.51. The summed E-state index contributed by atoms with van der Waals surface area (Å²) in [5, 5.41) is 21.9. The molecule has 1 saturated carbocycles. The van der Waals surface area contributed by atoms with Gasteiger partial charge in [0.1, 0.15) is 5.69 Å². The number of rotatable bonds is 3. The van der Waals surface area contributed by atoms with Crippen LogP contribution in [0.3, 0.4) is 0 Å². The van der Waals surface area contributed by atoms with E-state index < -0.39 is 28.5 Å². The first-order valence-corrected chi connectivity index (χ1v) is 8.99. The molecular weight excluding hydrogens is 349 g/mol. The lowest BCUT2D eigenvalue weighted by Gasteiger charge is -2.40. The molecule has 1 aliphatic heterocycles. The molecule has 8 heteroatoms. The van der Waals surface area contributed by atoms with Gasteiger partial charge in [-0.3, -0.25) is 10.1 Å². The molecule has 4 unspecified atom stereocenters. The summed E-state index contributed by atoms with van der Waals surface area (Å²) in [6.45, 7) is 2.67. The second kappa shape index (κ2) is 7.06. The molecule has 1 saturated heterocycles. The average molecular weight is 372 g/mol. The highest BCUT2D eigenvalue weighted by molar-refractivity contribution is 5.65. The van der Waals surface area contributed by atoms with E-state index in [0.717, 1.165) is 31.7 Å². The third-order valence-corrected chi connectivity index (χ3v) is 5.73. The predicted octanol–water partition coefficient (Wildman–Crippen LogP) is 4.38. The number of anilines is 1. The van der Waals surface area contributed by atoms with E-state index in [0.29, 0.717) is 24.9 Å². The zero-order chi connectivity index (χ0) is 19.1. The molecule has 0 amide bonds. The summed E-state index contributed by atoms with van der Waals surface area (Å²) in [4.78, 5) is 12.5. The standard InChI is InChI=1S/C18H23F3N2O3/c1-11-4-7-17(24)13(9-11)14-3-2-8-22(14)15-6-5-12(18(19,20)21)10-16(15)23(25)26/h5-6,10-11,13-14,17,24H,2-4,7-9H2,1H3. The minimum atomic E-state index is -4.62. The lowest BCUT2D eigenvalue weighted by Crippen LogP contribution is -2.44. The van der Waals surface area contributed by atoms with Gasteiger partial charge in [-0.25, -0.2) is 0 Å². The van der Waals surface area contributed by atoms with Crippen molar-refractivity contribution in [3.63, 3.8) is 0 Å². The van der Waals surface area contributed by atoms with Gasteiger partial charge in [-0.1, -0.05) is 6.92 Å². The van der Waals surface area contributed by atoms with Crippen LogP contribution in [-0.4, -0.2) is 28.7 Å². The van der Waals surface area contributed by atoms with Crippen molar-refractivity contribution in [2.45, 2.75) is 57.3 Å². The number of alkyl halides is 3. The van der Waals surface area contributed by atoms with Crippen LogP contribution in [-0.2, 0) is 6.18 Å². The SMILES string of the molecule is CC1CCC(O)C(C2CCCN2c2ccc(C(F)(F)F)cc2[N+](=O)[O-])C1. The summed E-state index contributed by atoms with van der Waals surface area (Å²) in [6.07, 6.45) is -1.02. The number of nitrogens with zero attached hydrogens (tertiary/aromatic N) is 2. The van der Waals surface area contributed by atoms with E-state index in [2.05, 4.69) is 6.92 Å². The molecule has 3 rings (SSSR count). The minimum Gasteiger partial charge on any atom is -0.393 e. The average Bonchev–Trinajstić information content (AvgIpc) is 3.04. The number of nitro groups is 1. The molecule has 1 aliphatic carbocycles. The van der Waals surface area contributed by atoms with Crippen LogP contribution in [0.25, 0.3) is 0 Å². The molecule has 5 nitrogen and oxygen atoms in total. The fourth-order valence-corrected chi connectivity index (χ4v) is 4.45. The van der Waals surface area contributed by atoms with E-state index in [-0.39, 0.29) is 17.6 Å². The highest BCUT2D eigenvalue weighted by Crippen LogP contribution is 2.43. The minimum absolute atomic E-state index is 0.0110. The van der Waals surface area contributed by atoms with Gasteiger partial charge in [0.2, 0.25) is 0 Å². The first-order chi connectivity index (χ1) is 12.2. The van der Waals surface area contributed by atoms with E-state index in [4.69, 9.17) is 0 Å². The molecule has 0 aromatic heterocycles. The summed E-state index contributed by atoms with van der Waals surface area (Å²) >= 11 is 0. The summed E-state index contributed by atoms with van der Waals surface area (Å²) < 4.78 is 38.8. The van der Waals surface area contributed by atoms with Crippen LogP contribution in [0.4, 0.5) is 24.5 Å². The number of aliphatic hydroxyl groups excluding tert-OH is 1. The molecule has 1 heterocycles. The van der Waals surface area contributed by atoms with Crippen molar-refractivity contribution in [2.75, 3.05) is 11.4 Å². The maximum absolute atomic E-state index is 12.9. The monoisotopic (exact) mass is 372 g/mol. The van der Waals surface area contributed by atoms with Crippen LogP contribution in [0.2, 0.25) is 0 Å². The van der Waals surface area contributed by atoms with E-state index >= 15 is 0 Å². The number of nitro benzene ring substituents is 1. The fraction of sp³-hybridized carbons (Fsp3) is 0.667. The first kappa shape index (κ1) is 18.9. The van der Waals surface area contributed by atoms with E-state index in [1.807, 2.05) is 4.90 Å². The van der Waals surface area contributed by atoms with Gasteiger partial charge in [-0.15, -0.1) is 0 Å². The lowest BCUT2D eigenvalue weighted by atomic mass is 9.76. The molecule has 1 aromatic carbocycles. The molecule has 1 N–H and O–H groups in total. The lowest BCUT2D eigenvalue weighted by molar-refractivity contribution is -0.384. The van der Waals surface area contributed by atoms with Crippen molar-refractivity contribution >= 4 is 11.4 Å². The largest absolute Gasteiger partial charge is 0.416 e. The Morgan fingerprint density at radius 1 is 1.27 bits per heavy atom. The number of hydrogen-bond acceptors (Lipinski definition) is 4. The van der Waals surface area contributed by atoms with Crippen LogP contribution in [0, 0.1) is 22.0 Å². The third kappa shape index (κ3) is 3.65. The molecule has 2 fully saturated rings. The van der Waals surface area contributed by atoms with E-state index in [1.165, 1.54) is 6.07 Å². The van der Waals surface area contributed by atoms with E-state index in [1.54, 1.807) is 0 Å². The van der Waals surface area contributed by atoms with Crippen LogP contribution < -0.4 is 4.90 Å². The molecule has 144 valence electrons. The van der Waals surface area contributed by atoms with Gasteiger partial charge in [0.15, 0.2) is 0 Å². The summed E-state index contributed by atoms with van der Waals surface area (Å²) in [7, 11) is 0. The summed E-state index contributed by atoms with van der Waals surface area (Å²) in [5.41, 5.74) is -1.32. The van der Waals surface area contributed by atoms with Crippen molar-refractivity contribution < 1.29 is 23.2 Å². The number of halogens is 3. The van der Waals surface area contributed by atoms with Gasteiger partial charge in [0, 0.05) is 24.6 Å². The first-order valence-electron chi connectivity index (χ1n) is 8.99. The van der Waals surface area contributed by atoms with Crippen molar-refractivity contribution in [3.8, 4) is 0 Å². The number of benzene rings is 1. The fourth-order valence-electron chi connectivity index (χ4n) is 4.45. The van der Waals surface area contributed by atoms with Gasteiger partial charge < -0.3 is 10.0 Å². The summed E-state index contributed by atoms with van der Waals surface area (Å²) in [6, 6.07) is 2.64. The highest BCUT2D eigenvalue weighted by atomic mass is 19.4. The Hall–Kier alpha value is -1.83. The molecule has 26 heavy (non-hydrogen) atoms. The van der Waals surface area contributed by atoms with Crippen LogP contribution in [0.5, 0.6) is 0 Å². The number of aliphatic hydroxyl groups is 1. The van der Waals surface area contributed by atoms with Crippen LogP contribution in [0.15, 0.2) is 18.2 Å². The Morgan fingerprint density at radius 2 is 2.00 bits per heavy atom. The molecule has 0 radical (unpaired) electrons. The summed E-state index contributed by atoms with van der Waals surface area (Å²) in [5.74, 6) is 0.455. The predicted molar refractivity (Wildman–Crippen MR) is 91.0 cm³/mol. The molecule has 4 atom stereocenters. The Bertz CT molecular complexity index is 680. The van der Waals surface area contributed by atoms with Gasteiger partial charge in [-0.05, 0) is 50.2 Å². The van der Waals surface area contributed by atoms with Crippen molar-refractivity contribution in [1.29, 1.82) is 0 Å². The van der Waals surface area contributed by atoms with E-state index in [9.17, 15) is 28.4 Å². The van der Waals surface area contributed by atoms with Crippen molar-refractivity contribution in [2.24, 2.45) is 11.8 Å². The maximum atomic E-state index is 12.9. The number of hydrogen-bond donors (Lipinski definition) is 1. The van der Waals surface area contributed by atoms with Crippen molar-refractivity contribution in [3.05, 3.63) is 33.9 Å². The third-order valence-electron chi connectivity index (χ3n) is 5.73. The molecule has 1 aromatic rings. The van der Waals surface area contributed by atoms with Gasteiger partial charge in [-0.2, -0.15) is 13.2 Å². The normalized spacial score (nSPS) is 29.8. The zero-order valence-corrected chi connectivity index (χ0v) is 14.6. The molecule has 2 aliphatic rings. The quantitative estimate of drug-likeness (QED) is 0.632. The maximum Gasteiger partial charge on any atom is 0.416 e. The Labute approximate surface area is 150 Å². The van der Waals surface area contributed by atoms with Gasteiger partial charge >= 0.3 is 6.18 Å². The highest BCUT2D eigenvalue weighted by Gasteiger charge is 2.41. The smallest absolute Gasteiger partial charge is 0.393 e. The van der Waals surface area contributed by atoms with Gasteiger partial charge in [0.25, 0.3) is 5.69 Å². The van der Waals surface area contributed by atoms with Gasteiger partial charge in [0.05, 0.1) is 16.6 Å². The molecular formula is C18H23F3N2O3. The van der Waals surface area contributed by atoms with Crippen molar-refractivity contribution in [1.82, 2.24) is 0 Å². The van der Waals surface area contributed by atoms with Crippen LogP contribution >= 0.6 is 0 Å². The second-order valence-corrected chi connectivity index (χ2v) is 7.51. The molecule has 0 spiro atoms. The Kier molecular flexibility index (Phi) is 5.14. The van der Waals surface area contributed by atoms with Crippen LogP contribution in [0.1, 0.15) is 44.6 Å². The Balaban J connectivity index is 1.95.